The van der Waals surface area contributed by atoms with Gasteiger partial charge in [0.2, 0.25) is 0 Å². The van der Waals surface area contributed by atoms with Crippen LogP contribution in [-0.4, -0.2) is 53.4 Å². The Morgan fingerprint density at radius 2 is 2.09 bits per heavy atom. The Morgan fingerprint density at radius 1 is 1.35 bits per heavy atom. The highest BCUT2D eigenvalue weighted by atomic mass is 35.5. The number of aromatic nitrogens is 2. The van der Waals surface area contributed by atoms with Crippen molar-refractivity contribution in [1.82, 2.24) is 20.0 Å². The molecule has 7 heteroatoms. The topological polar surface area (TPSA) is 59.4 Å². The standard InChI is InChI=1S/C16H20N4O2.ClH/c1-12-10-17-8-9-19(12)16(21)15-14(22-2)11-20(18-15)13-6-4-3-5-7-13;/h3-7,11-12,17H,8-10H2,1-2H3;1H/t12-;/m0./s1. The molecular weight excluding hydrogens is 316 g/mol. The van der Waals surface area contributed by atoms with Crippen molar-refractivity contribution in [3.8, 4) is 11.4 Å². The van der Waals surface area contributed by atoms with E-state index in [1.807, 2.05) is 42.2 Å². The second-order valence-corrected chi connectivity index (χ2v) is 5.38. The number of nitrogens with zero attached hydrogens (tertiary/aromatic N) is 3. The van der Waals surface area contributed by atoms with Crippen LogP contribution in [-0.2, 0) is 0 Å². The minimum Gasteiger partial charge on any atom is -0.493 e. The van der Waals surface area contributed by atoms with E-state index in [2.05, 4.69) is 10.4 Å². The van der Waals surface area contributed by atoms with Crippen LogP contribution in [0.25, 0.3) is 5.69 Å². The van der Waals surface area contributed by atoms with Crippen molar-refractivity contribution in [1.29, 1.82) is 0 Å². The molecule has 1 aromatic heterocycles. The predicted molar refractivity (Wildman–Crippen MR) is 90.7 cm³/mol. The van der Waals surface area contributed by atoms with Crippen molar-refractivity contribution in [2.24, 2.45) is 0 Å². The number of nitrogens with one attached hydrogen (secondary N) is 1. The number of amides is 1. The maximum absolute atomic E-state index is 12.8. The number of hydrogen-bond donors (Lipinski definition) is 1. The zero-order valence-corrected chi connectivity index (χ0v) is 14.0. The first-order valence-corrected chi connectivity index (χ1v) is 7.41. The van der Waals surface area contributed by atoms with Gasteiger partial charge in [0.1, 0.15) is 0 Å². The molecule has 0 bridgehead atoms. The second-order valence-electron chi connectivity index (χ2n) is 5.38. The molecule has 0 aliphatic carbocycles. The lowest BCUT2D eigenvalue weighted by atomic mass is 10.2. The van der Waals surface area contributed by atoms with Crippen LogP contribution in [0.2, 0.25) is 0 Å². The van der Waals surface area contributed by atoms with Gasteiger partial charge in [-0.05, 0) is 19.1 Å². The molecule has 124 valence electrons. The zero-order chi connectivity index (χ0) is 15.5. The van der Waals surface area contributed by atoms with Gasteiger partial charge < -0.3 is 15.0 Å². The Morgan fingerprint density at radius 3 is 2.74 bits per heavy atom. The fourth-order valence-corrected chi connectivity index (χ4v) is 2.65. The monoisotopic (exact) mass is 336 g/mol. The van der Waals surface area contributed by atoms with Crippen molar-refractivity contribution < 1.29 is 9.53 Å². The summed E-state index contributed by atoms with van der Waals surface area (Å²) < 4.78 is 7.03. The molecule has 0 radical (unpaired) electrons. The van der Waals surface area contributed by atoms with Crippen molar-refractivity contribution in [2.75, 3.05) is 26.7 Å². The van der Waals surface area contributed by atoms with Crippen LogP contribution < -0.4 is 10.1 Å². The molecule has 0 unspecified atom stereocenters. The van der Waals surface area contributed by atoms with Gasteiger partial charge in [0.05, 0.1) is 19.0 Å². The third-order valence-electron chi connectivity index (χ3n) is 3.89. The number of ether oxygens (including phenoxy) is 1. The summed E-state index contributed by atoms with van der Waals surface area (Å²) >= 11 is 0. The number of para-hydroxylation sites is 1. The number of rotatable bonds is 3. The fourth-order valence-electron chi connectivity index (χ4n) is 2.65. The van der Waals surface area contributed by atoms with E-state index in [0.717, 1.165) is 18.8 Å². The summed E-state index contributed by atoms with van der Waals surface area (Å²) in [6.07, 6.45) is 1.75. The van der Waals surface area contributed by atoms with Gasteiger partial charge in [0.25, 0.3) is 5.91 Å². The number of benzene rings is 1. The third kappa shape index (κ3) is 3.48. The molecule has 1 aromatic carbocycles. The number of carbonyl (C=O) groups is 1. The van der Waals surface area contributed by atoms with Crippen LogP contribution in [0.5, 0.6) is 5.75 Å². The molecule has 1 aliphatic heterocycles. The molecule has 2 aromatic rings. The quantitative estimate of drug-likeness (QED) is 0.927. The number of carbonyl (C=O) groups excluding carboxylic acids is 1. The van der Waals surface area contributed by atoms with Crippen LogP contribution in [0.3, 0.4) is 0 Å². The maximum atomic E-state index is 12.8. The highest BCUT2D eigenvalue weighted by Crippen LogP contribution is 2.22. The van der Waals surface area contributed by atoms with E-state index in [9.17, 15) is 4.79 Å². The Bertz CT molecular complexity index is 659. The minimum absolute atomic E-state index is 0. The van der Waals surface area contributed by atoms with Crippen LogP contribution >= 0.6 is 12.4 Å². The Hall–Kier alpha value is -2.05. The van der Waals surface area contributed by atoms with Crippen LogP contribution in [0, 0.1) is 0 Å². The van der Waals surface area contributed by atoms with Gasteiger partial charge in [0, 0.05) is 25.7 Å². The van der Waals surface area contributed by atoms with Gasteiger partial charge in [-0.25, -0.2) is 4.68 Å². The van der Waals surface area contributed by atoms with Crippen molar-refractivity contribution in [3.63, 3.8) is 0 Å². The zero-order valence-electron chi connectivity index (χ0n) is 13.2. The molecule has 1 N–H and O–H groups in total. The van der Waals surface area contributed by atoms with Gasteiger partial charge in [-0.3, -0.25) is 4.79 Å². The molecule has 0 saturated carbocycles. The van der Waals surface area contributed by atoms with Gasteiger partial charge in [-0.15, -0.1) is 12.4 Å². The minimum atomic E-state index is -0.0828. The average Bonchev–Trinajstić information content (AvgIpc) is 3.00. The smallest absolute Gasteiger partial charge is 0.278 e. The highest BCUT2D eigenvalue weighted by Gasteiger charge is 2.28. The third-order valence-corrected chi connectivity index (χ3v) is 3.89. The Balaban J connectivity index is 0.00000192. The normalized spacial score (nSPS) is 17.5. The van der Waals surface area contributed by atoms with Gasteiger partial charge in [-0.2, -0.15) is 5.10 Å². The number of halogens is 1. The summed E-state index contributed by atoms with van der Waals surface area (Å²) in [6, 6.07) is 9.83. The SMILES string of the molecule is COc1cn(-c2ccccc2)nc1C(=O)N1CCNC[C@@H]1C.Cl. The predicted octanol–water partition coefficient (Wildman–Crippen LogP) is 1.74. The molecule has 6 nitrogen and oxygen atoms in total. The largest absolute Gasteiger partial charge is 0.493 e. The Kier molecular flexibility index (Phi) is 5.63. The van der Waals surface area contributed by atoms with Crippen LogP contribution in [0.15, 0.2) is 36.5 Å². The van der Waals surface area contributed by atoms with E-state index < -0.39 is 0 Å². The summed E-state index contributed by atoms with van der Waals surface area (Å²) in [5, 5.41) is 7.72. The molecule has 0 spiro atoms. The van der Waals surface area contributed by atoms with E-state index in [0.29, 0.717) is 18.0 Å². The lowest BCUT2D eigenvalue weighted by Crippen LogP contribution is -2.52. The lowest BCUT2D eigenvalue weighted by Gasteiger charge is -2.33. The fraction of sp³-hybridized carbons (Fsp3) is 0.375. The first kappa shape index (κ1) is 17.3. The average molecular weight is 337 g/mol. The van der Waals surface area contributed by atoms with Gasteiger partial charge in [0.15, 0.2) is 11.4 Å². The number of piperazine rings is 1. The first-order valence-electron chi connectivity index (χ1n) is 7.41. The Labute approximate surface area is 141 Å². The van der Waals surface area contributed by atoms with Crippen LogP contribution in [0.1, 0.15) is 17.4 Å². The summed E-state index contributed by atoms with van der Waals surface area (Å²) in [5.74, 6) is 0.417. The van der Waals surface area contributed by atoms with Crippen LogP contribution in [0.4, 0.5) is 0 Å². The summed E-state index contributed by atoms with van der Waals surface area (Å²) in [4.78, 5) is 14.6. The number of methoxy groups -OCH3 is 1. The molecule has 1 amide bonds. The molecule has 3 rings (SSSR count). The van der Waals surface area contributed by atoms with Crippen molar-refractivity contribution >= 4 is 18.3 Å². The molecule has 2 heterocycles. The highest BCUT2D eigenvalue weighted by molar-refractivity contribution is 5.95. The van der Waals surface area contributed by atoms with Crippen molar-refractivity contribution in [2.45, 2.75) is 13.0 Å². The lowest BCUT2D eigenvalue weighted by molar-refractivity contribution is 0.0646. The molecule has 1 atom stereocenters. The maximum Gasteiger partial charge on any atom is 0.278 e. The first-order chi connectivity index (χ1) is 10.7. The second kappa shape index (κ2) is 7.48. The van der Waals surface area contributed by atoms with E-state index in [1.54, 1.807) is 18.0 Å². The molecule has 1 aliphatic rings. The summed E-state index contributed by atoms with van der Waals surface area (Å²) in [7, 11) is 1.56. The molecule has 23 heavy (non-hydrogen) atoms. The molecule has 1 saturated heterocycles. The van der Waals surface area contributed by atoms with Gasteiger partial charge >= 0.3 is 0 Å². The van der Waals surface area contributed by atoms with E-state index in [4.69, 9.17) is 4.74 Å². The summed E-state index contributed by atoms with van der Waals surface area (Å²) in [5.41, 5.74) is 1.26. The molecule has 1 fully saturated rings. The summed E-state index contributed by atoms with van der Waals surface area (Å²) in [6.45, 7) is 4.32. The van der Waals surface area contributed by atoms with E-state index in [1.165, 1.54) is 0 Å². The van der Waals surface area contributed by atoms with E-state index >= 15 is 0 Å². The number of hydrogen-bond acceptors (Lipinski definition) is 4. The van der Waals surface area contributed by atoms with E-state index in [-0.39, 0.29) is 24.4 Å². The van der Waals surface area contributed by atoms with Gasteiger partial charge in [-0.1, -0.05) is 18.2 Å². The van der Waals surface area contributed by atoms with Crippen molar-refractivity contribution in [3.05, 3.63) is 42.2 Å². The molecular formula is C16H21ClN4O2.